The van der Waals surface area contributed by atoms with E-state index in [1.807, 2.05) is 31.1 Å². The number of aromatic nitrogens is 1. The van der Waals surface area contributed by atoms with Crippen LogP contribution in [0.5, 0.6) is 11.5 Å². The van der Waals surface area contributed by atoms with Crippen LogP contribution in [0.1, 0.15) is 10.4 Å². The van der Waals surface area contributed by atoms with Gasteiger partial charge < -0.3 is 14.4 Å². The summed E-state index contributed by atoms with van der Waals surface area (Å²) in [6, 6.07) is 9.31. The van der Waals surface area contributed by atoms with Gasteiger partial charge in [-0.2, -0.15) is 0 Å². The van der Waals surface area contributed by atoms with Crippen molar-refractivity contribution in [1.29, 1.82) is 0 Å². The van der Waals surface area contributed by atoms with Crippen LogP contribution in [0.2, 0.25) is 0 Å². The number of fused-ring (bicyclic) bond motifs is 2. The summed E-state index contributed by atoms with van der Waals surface area (Å²) in [6.45, 7) is 2.05. The van der Waals surface area contributed by atoms with E-state index < -0.39 is 4.92 Å². The molecule has 0 atom stereocenters. The molecule has 0 radical (unpaired) electrons. The number of non-ortho nitro benzene ring substituents is 1. The Morgan fingerprint density at radius 1 is 1.13 bits per heavy atom. The predicted molar refractivity (Wildman–Crippen MR) is 114 cm³/mol. The number of carbonyl (C=O) groups excluding carboxylic acids is 1. The summed E-state index contributed by atoms with van der Waals surface area (Å²) >= 11 is 1.39. The van der Waals surface area contributed by atoms with Crippen molar-refractivity contribution in [1.82, 2.24) is 9.88 Å². The van der Waals surface area contributed by atoms with Crippen molar-refractivity contribution in [3.8, 4) is 11.5 Å². The molecule has 1 aliphatic rings. The van der Waals surface area contributed by atoms with Gasteiger partial charge in [0.1, 0.15) is 13.2 Å². The smallest absolute Gasteiger partial charge is 0.269 e. The van der Waals surface area contributed by atoms with Crippen LogP contribution in [-0.4, -0.2) is 61.1 Å². The van der Waals surface area contributed by atoms with Crippen molar-refractivity contribution in [2.24, 2.45) is 0 Å². The number of likely N-dealkylation sites (N-methyl/N-ethyl adjacent to an activating group) is 1. The molecule has 9 nitrogen and oxygen atoms in total. The minimum atomic E-state index is -0.489. The maximum absolute atomic E-state index is 13.2. The highest BCUT2D eigenvalue weighted by Gasteiger charge is 2.23. The first-order valence-electron chi connectivity index (χ1n) is 9.33. The Balaban J connectivity index is 1.69. The molecule has 0 unspecified atom stereocenters. The van der Waals surface area contributed by atoms with Crippen LogP contribution < -0.4 is 14.4 Å². The first-order valence-corrected chi connectivity index (χ1v) is 10.2. The normalized spacial score (nSPS) is 12.9. The largest absolute Gasteiger partial charge is 0.486 e. The standard InChI is InChI=1S/C20H20N4O5S/c1-22(2)7-8-23(19(25)13-3-5-14(6-4-13)24(26)27)20-21-15-11-16-17(12-18(15)30-20)29-10-9-28-16/h3-6,11-12H,7-10H2,1-2H3. The summed E-state index contributed by atoms with van der Waals surface area (Å²) < 4.78 is 12.2. The van der Waals surface area contributed by atoms with Crippen LogP contribution in [0.4, 0.5) is 10.8 Å². The number of anilines is 1. The molecule has 1 aliphatic heterocycles. The Hall–Kier alpha value is -3.24. The van der Waals surface area contributed by atoms with Crippen molar-refractivity contribution in [2.75, 3.05) is 45.3 Å². The van der Waals surface area contributed by atoms with Gasteiger partial charge in [-0.1, -0.05) is 11.3 Å². The van der Waals surface area contributed by atoms with E-state index in [1.54, 1.807) is 4.90 Å². The van der Waals surface area contributed by atoms with Crippen LogP contribution in [0.3, 0.4) is 0 Å². The molecule has 10 heteroatoms. The van der Waals surface area contributed by atoms with E-state index in [4.69, 9.17) is 9.47 Å². The summed E-state index contributed by atoms with van der Waals surface area (Å²) in [7, 11) is 3.85. The molecule has 156 valence electrons. The quantitative estimate of drug-likeness (QED) is 0.439. The number of nitro groups is 1. The van der Waals surface area contributed by atoms with Gasteiger partial charge in [-0.15, -0.1) is 0 Å². The van der Waals surface area contributed by atoms with Crippen molar-refractivity contribution < 1.29 is 19.2 Å². The minimum absolute atomic E-state index is 0.0584. The molecular weight excluding hydrogens is 408 g/mol. The lowest BCUT2D eigenvalue weighted by Crippen LogP contribution is -2.36. The molecule has 0 fully saturated rings. The monoisotopic (exact) mass is 428 g/mol. The summed E-state index contributed by atoms with van der Waals surface area (Å²) in [6.07, 6.45) is 0. The van der Waals surface area contributed by atoms with E-state index in [2.05, 4.69) is 4.98 Å². The zero-order valence-corrected chi connectivity index (χ0v) is 17.3. The number of hydrogen-bond donors (Lipinski definition) is 0. The summed E-state index contributed by atoms with van der Waals surface area (Å²) in [5, 5.41) is 11.5. The van der Waals surface area contributed by atoms with Crippen LogP contribution >= 0.6 is 11.3 Å². The van der Waals surface area contributed by atoms with E-state index >= 15 is 0 Å². The van der Waals surface area contributed by atoms with E-state index in [9.17, 15) is 14.9 Å². The fourth-order valence-corrected chi connectivity index (χ4v) is 4.03. The Labute approximate surface area is 176 Å². The second-order valence-corrected chi connectivity index (χ2v) is 8.03. The molecule has 1 amide bonds. The SMILES string of the molecule is CN(C)CCN(C(=O)c1ccc([N+](=O)[O-])cc1)c1nc2cc3c(cc2s1)OCCO3. The van der Waals surface area contributed by atoms with Gasteiger partial charge in [0, 0.05) is 42.9 Å². The summed E-state index contributed by atoms with van der Waals surface area (Å²) in [5.74, 6) is 1.06. The number of nitro benzene ring substituents is 1. The van der Waals surface area contributed by atoms with Gasteiger partial charge in [-0.3, -0.25) is 19.8 Å². The zero-order valence-electron chi connectivity index (χ0n) is 16.5. The first-order chi connectivity index (χ1) is 14.4. The third kappa shape index (κ3) is 4.05. The maximum Gasteiger partial charge on any atom is 0.269 e. The average molecular weight is 428 g/mol. The molecule has 0 bridgehead atoms. The Morgan fingerprint density at radius 2 is 1.80 bits per heavy atom. The Bertz CT molecular complexity index is 1050. The highest BCUT2D eigenvalue weighted by atomic mass is 32.1. The number of ether oxygens (including phenoxy) is 2. The van der Waals surface area contributed by atoms with E-state index in [0.29, 0.717) is 48.5 Å². The molecule has 3 aromatic rings. The molecule has 30 heavy (non-hydrogen) atoms. The number of amides is 1. The topological polar surface area (TPSA) is 98.0 Å². The summed E-state index contributed by atoms with van der Waals surface area (Å²) in [4.78, 5) is 31.9. The van der Waals surface area contributed by atoms with Crippen molar-refractivity contribution in [3.05, 3.63) is 52.1 Å². The maximum atomic E-state index is 13.2. The van der Waals surface area contributed by atoms with E-state index in [0.717, 1.165) is 10.2 Å². The molecule has 1 aromatic heterocycles. The second kappa shape index (κ2) is 8.25. The number of rotatable bonds is 6. The fraction of sp³-hybridized carbons (Fsp3) is 0.300. The highest BCUT2D eigenvalue weighted by Crippen LogP contribution is 2.39. The first kappa shape index (κ1) is 20.0. The van der Waals surface area contributed by atoms with Crippen molar-refractivity contribution >= 4 is 38.3 Å². The molecule has 2 heterocycles. The summed E-state index contributed by atoms with van der Waals surface area (Å²) in [5.41, 5.74) is 1.03. The molecule has 0 aliphatic carbocycles. The number of carbonyl (C=O) groups is 1. The lowest BCUT2D eigenvalue weighted by molar-refractivity contribution is -0.384. The Kier molecular flexibility index (Phi) is 5.51. The minimum Gasteiger partial charge on any atom is -0.486 e. The fourth-order valence-electron chi connectivity index (χ4n) is 3.03. The van der Waals surface area contributed by atoms with Gasteiger partial charge in [0.25, 0.3) is 11.6 Å². The van der Waals surface area contributed by atoms with Crippen molar-refractivity contribution in [2.45, 2.75) is 0 Å². The van der Waals surface area contributed by atoms with Crippen LogP contribution in [0.15, 0.2) is 36.4 Å². The molecule has 0 saturated carbocycles. The molecule has 2 aromatic carbocycles. The van der Waals surface area contributed by atoms with Gasteiger partial charge in [0.2, 0.25) is 0 Å². The van der Waals surface area contributed by atoms with Gasteiger partial charge in [0.15, 0.2) is 16.6 Å². The lowest BCUT2D eigenvalue weighted by atomic mass is 10.2. The van der Waals surface area contributed by atoms with E-state index in [1.165, 1.54) is 35.6 Å². The van der Waals surface area contributed by atoms with Gasteiger partial charge in [-0.05, 0) is 26.2 Å². The third-order valence-corrected chi connectivity index (χ3v) is 5.65. The van der Waals surface area contributed by atoms with Crippen LogP contribution in [0, 0.1) is 10.1 Å². The van der Waals surface area contributed by atoms with Gasteiger partial charge in [0.05, 0.1) is 15.1 Å². The van der Waals surface area contributed by atoms with Crippen LogP contribution in [0.25, 0.3) is 10.2 Å². The molecule has 0 saturated heterocycles. The molecular formula is C20H20N4O5S. The third-order valence-electron chi connectivity index (χ3n) is 4.61. The van der Waals surface area contributed by atoms with Gasteiger partial charge >= 0.3 is 0 Å². The average Bonchev–Trinajstić information content (AvgIpc) is 3.14. The van der Waals surface area contributed by atoms with Crippen molar-refractivity contribution in [3.63, 3.8) is 0 Å². The van der Waals surface area contributed by atoms with E-state index in [-0.39, 0.29) is 11.6 Å². The number of hydrogen-bond acceptors (Lipinski definition) is 8. The molecule has 0 spiro atoms. The highest BCUT2D eigenvalue weighted by molar-refractivity contribution is 7.22. The number of nitrogens with zero attached hydrogens (tertiary/aromatic N) is 4. The van der Waals surface area contributed by atoms with Gasteiger partial charge in [-0.25, -0.2) is 4.98 Å². The number of thiazole rings is 1. The zero-order chi connectivity index (χ0) is 21.3. The predicted octanol–water partition coefficient (Wildman–Crippen LogP) is 3.18. The molecule has 0 N–H and O–H groups in total. The number of benzene rings is 2. The van der Waals surface area contributed by atoms with Crippen LogP contribution in [-0.2, 0) is 0 Å². The Morgan fingerprint density at radius 3 is 2.43 bits per heavy atom. The lowest BCUT2D eigenvalue weighted by Gasteiger charge is -2.22. The second-order valence-electron chi connectivity index (χ2n) is 7.02. The molecule has 4 rings (SSSR count).